The SMILES string of the molecule is O=CC(O)CCC(=O)O. The van der Waals surface area contributed by atoms with Crippen molar-refractivity contribution in [2.75, 3.05) is 0 Å². The van der Waals surface area contributed by atoms with Crippen LogP contribution in [-0.2, 0) is 9.59 Å². The van der Waals surface area contributed by atoms with Crippen molar-refractivity contribution in [3.05, 3.63) is 0 Å². The monoisotopic (exact) mass is 132 g/mol. The second kappa shape index (κ2) is 4.03. The van der Waals surface area contributed by atoms with Crippen molar-refractivity contribution < 1.29 is 19.8 Å². The van der Waals surface area contributed by atoms with Crippen molar-refractivity contribution in [2.45, 2.75) is 18.9 Å². The van der Waals surface area contributed by atoms with E-state index >= 15 is 0 Å². The standard InChI is InChI=1S/C5H8O4/c6-3-4(7)1-2-5(8)9/h3-4,7H,1-2H2,(H,8,9). The van der Waals surface area contributed by atoms with Gasteiger partial charge in [-0.1, -0.05) is 0 Å². The molecule has 0 saturated heterocycles. The van der Waals surface area contributed by atoms with Gasteiger partial charge in [0, 0.05) is 6.42 Å². The van der Waals surface area contributed by atoms with Gasteiger partial charge in [-0.15, -0.1) is 0 Å². The van der Waals surface area contributed by atoms with Crippen LogP contribution in [0.5, 0.6) is 0 Å². The highest BCUT2D eigenvalue weighted by molar-refractivity contribution is 5.67. The molecule has 0 aliphatic rings. The summed E-state index contributed by atoms with van der Waals surface area (Å²) in [6, 6.07) is 0. The lowest BCUT2D eigenvalue weighted by molar-refractivity contribution is -0.137. The average Bonchev–Trinajstić information content (AvgIpc) is 1.83. The van der Waals surface area contributed by atoms with Gasteiger partial charge in [-0.05, 0) is 6.42 Å². The molecule has 0 rings (SSSR count). The van der Waals surface area contributed by atoms with Crippen LogP contribution in [-0.4, -0.2) is 28.6 Å². The number of aldehydes is 1. The molecule has 0 radical (unpaired) electrons. The Morgan fingerprint density at radius 3 is 2.56 bits per heavy atom. The largest absolute Gasteiger partial charge is 0.481 e. The molecule has 4 nitrogen and oxygen atoms in total. The zero-order valence-corrected chi connectivity index (χ0v) is 4.78. The number of carbonyl (C=O) groups excluding carboxylic acids is 1. The predicted octanol–water partition coefficient (Wildman–Crippen LogP) is -0.589. The molecule has 0 aromatic heterocycles. The van der Waals surface area contributed by atoms with Crippen molar-refractivity contribution in [3.8, 4) is 0 Å². The number of aliphatic carboxylic acids is 1. The Morgan fingerprint density at radius 1 is 1.67 bits per heavy atom. The Kier molecular flexibility index (Phi) is 3.62. The van der Waals surface area contributed by atoms with Crippen LogP contribution in [0.4, 0.5) is 0 Å². The van der Waals surface area contributed by atoms with Gasteiger partial charge < -0.3 is 15.0 Å². The number of hydrogen-bond donors (Lipinski definition) is 2. The second-order valence-corrected chi connectivity index (χ2v) is 1.64. The third-order valence-electron chi connectivity index (χ3n) is 0.811. The van der Waals surface area contributed by atoms with E-state index in [1.54, 1.807) is 0 Å². The van der Waals surface area contributed by atoms with Crippen molar-refractivity contribution in [1.82, 2.24) is 0 Å². The molecule has 0 spiro atoms. The maximum atomic E-state index is 9.79. The minimum atomic E-state index is -1.12. The molecule has 2 N–H and O–H groups in total. The fourth-order valence-electron chi connectivity index (χ4n) is 0.339. The minimum Gasteiger partial charge on any atom is -0.481 e. The van der Waals surface area contributed by atoms with Crippen LogP contribution >= 0.6 is 0 Å². The number of carboxylic acids is 1. The lowest BCUT2D eigenvalue weighted by atomic mass is 10.2. The first-order chi connectivity index (χ1) is 4.16. The summed E-state index contributed by atoms with van der Waals surface area (Å²) in [6.45, 7) is 0. The highest BCUT2D eigenvalue weighted by Crippen LogP contribution is 1.92. The molecule has 0 aliphatic heterocycles. The maximum Gasteiger partial charge on any atom is 0.303 e. The molecule has 4 heteroatoms. The molecule has 0 bridgehead atoms. The Bertz CT molecular complexity index is 110. The zero-order chi connectivity index (χ0) is 7.28. The topological polar surface area (TPSA) is 74.6 Å². The van der Waals surface area contributed by atoms with Crippen LogP contribution in [0.1, 0.15) is 12.8 Å². The summed E-state index contributed by atoms with van der Waals surface area (Å²) in [5.74, 6) is -1.00. The average molecular weight is 132 g/mol. The van der Waals surface area contributed by atoms with E-state index in [4.69, 9.17) is 10.2 Å². The van der Waals surface area contributed by atoms with Crippen LogP contribution in [0.15, 0.2) is 0 Å². The summed E-state index contributed by atoms with van der Waals surface area (Å²) >= 11 is 0. The Balaban J connectivity index is 3.26. The predicted molar refractivity (Wildman–Crippen MR) is 28.9 cm³/mol. The smallest absolute Gasteiger partial charge is 0.303 e. The summed E-state index contributed by atoms with van der Waals surface area (Å²) in [7, 11) is 0. The van der Waals surface area contributed by atoms with Gasteiger partial charge in [-0.2, -0.15) is 0 Å². The quantitative estimate of drug-likeness (QED) is 0.501. The molecular formula is C5H8O4. The second-order valence-electron chi connectivity index (χ2n) is 1.64. The van der Waals surface area contributed by atoms with Gasteiger partial charge in [0.25, 0.3) is 0 Å². The number of hydrogen-bond acceptors (Lipinski definition) is 3. The van der Waals surface area contributed by atoms with Gasteiger partial charge in [-0.25, -0.2) is 0 Å². The highest BCUT2D eigenvalue weighted by atomic mass is 16.4. The van der Waals surface area contributed by atoms with Gasteiger partial charge in [0.2, 0.25) is 0 Å². The molecule has 0 aromatic carbocycles. The molecule has 0 aromatic rings. The number of rotatable bonds is 4. The molecule has 0 aliphatic carbocycles. The van der Waals surface area contributed by atoms with Crippen molar-refractivity contribution in [2.24, 2.45) is 0 Å². The Hall–Kier alpha value is -0.900. The third-order valence-corrected chi connectivity index (χ3v) is 0.811. The van der Waals surface area contributed by atoms with E-state index in [0.29, 0.717) is 6.29 Å². The Morgan fingerprint density at radius 2 is 2.22 bits per heavy atom. The van der Waals surface area contributed by atoms with Gasteiger partial charge in [0.15, 0.2) is 0 Å². The van der Waals surface area contributed by atoms with E-state index < -0.39 is 12.1 Å². The molecule has 0 fully saturated rings. The molecule has 0 amide bonds. The molecular weight excluding hydrogens is 124 g/mol. The van der Waals surface area contributed by atoms with Crippen molar-refractivity contribution >= 4 is 12.3 Å². The van der Waals surface area contributed by atoms with E-state index in [2.05, 4.69) is 0 Å². The van der Waals surface area contributed by atoms with E-state index in [1.165, 1.54) is 0 Å². The zero-order valence-electron chi connectivity index (χ0n) is 4.78. The van der Waals surface area contributed by atoms with Crippen LogP contribution in [0.2, 0.25) is 0 Å². The van der Waals surface area contributed by atoms with Crippen LogP contribution in [0.3, 0.4) is 0 Å². The summed E-state index contributed by atoms with van der Waals surface area (Å²) in [4.78, 5) is 19.5. The van der Waals surface area contributed by atoms with Crippen LogP contribution in [0, 0.1) is 0 Å². The summed E-state index contributed by atoms with van der Waals surface area (Å²) in [6.07, 6.45) is -0.970. The number of carboxylic acid groups (broad SMARTS) is 1. The van der Waals surface area contributed by atoms with Gasteiger partial charge in [0.1, 0.15) is 12.4 Å². The van der Waals surface area contributed by atoms with E-state index in [-0.39, 0.29) is 12.8 Å². The van der Waals surface area contributed by atoms with E-state index in [0.717, 1.165) is 0 Å². The summed E-state index contributed by atoms with van der Waals surface area (Å²) < 4.78 is 0. The maximum absolute atomic E-state index is 9.79. The van der Waals surface area contributed by atoms with Gasteiger partial charge >= 0.3 is 5.97 Å². The normalized spacial score (nSPS) is 12.6. The molecule has 1 unspecified atom stereocenters. The van der Waals surface area contributed by atoms with Gasteiger partial charge in [-0.3, -0.25) is 4.79 Å². The third kappa shape index (κ3) is 4.96. The van der Waals surface area contributed by atoms with Gasteiger partial charge in [0.05, 0.1) is 0 Å². The fraction of sp³-hybridized carbons (Fsp3) is 0.600. The van der Waals surface area contributed by atoms with Crippen molar-refractivity contribution in [3.63, 3.8) is 0 Å². The fourth-order valence-corrected chi connectivity index (χ4v) is 0.339. The first-order valence-corrected chi connectivity index (χ1v) is 2.52. The number of aliphatic hydroxyl groups excluding tert-OH is 1. The van der Waals surface area contributed by atoms with E-state index in [1.807, 2.05) is 0 Å². The Labute approximate surface area is 52.1 Å². The first-order valence-electron chi connectivity index (χ1n) is 2.52. The first kappa shape index (κ1) is 8.10. The van der Waals surface area contributed by atoms with Crippen LogP contribution < -0.4 is 0 Å². The number of aliphatic hydroxyl groups is 1. The molecule has 0 heterocycles. The molecule has 9 heavy (non-hydrogen) atoms. The lowest BCUT2D eigenvalue weighted by Gasteiger charge is -1.96. The van der Waals surface area contributed by atoms with Crippen molar-refractivity contribution in [1.29, 1.82) is 0 Å². The van der Waals surface area contributed by atoms with Crippen LogP contribution in [0.25, 0.3) is 0 Å². The lowest BCUT2D eigenvalue weighted by Crippen LogP contribution is -2.09. The molecule has 0 saturated carbocycles. The van der Waals surface area contributed by atoms with E-state index in [9.17, 15) is 9.59 Å². The summed E-state index contributed by atoms with van der Waals surface area (Å²) in [5, 5.41) is 16.5. The summed E-state index contributed by atoms with van der Waals surface area (Å²) in [5.41, 5.74) is 0. The minimum absolute atomic E-state index is 0.00116. The molecule has 52 valence electrons. The number of carbonyl (C=O) groups is 2. The molecule has 1 atom stereocenters. The highest BCUT2D eigenvalue weighted by Gasteiger charge is 2.03.